The van der Waals surface area contributed by atoms with Gasteiger partial charge in [0.1, 0.15) is 5.60 Å². The molecule has 25 heavy (non-hydrogen) atoms. The van der Waals surface area contributed by atoms with E-state index in [-0.39, 0.29) is 12.3 Å². The topological polar surface area (TPSA) is 94.0 Å². The summed E-state index contributed by atoms with van der Waals surface area (Å²) in [4.78, 5) is 4.44. The normalized spacial score (nSPS) is 20.2. The lowest BCUT2D eigenvalue weighted by Crippen LogP contribution is -2.42. The second-order valence-electron chi connectivity index (χ2n) is 6.33. The molecule has 1 unspecified atom stereocenters. The lowest BCUT2D eigenvalue weighted by molar-refractivity contribution is 0.0672. The molecule has 0 amide bonds. The number of hydrogen-bond donors (Lipinski definition) is 3. The molecule has 1 aliphatic heterocycles. The summed E-state index contributed by atoms with van der Waals surface area (Å²) in [5, 5.41) is 16.9. The van der Waals surface area contributed by atoms with E-state index in [1.165, 1.54) is 4.31 Å². The third-order valence-corrected chi connectivity index (χ3v) is 6.10. The van der Waals surface area contributed by atoms with Gasteiger partial charge in [-0.3, -0.25) is 0 Å². The van der Waals surface area contributed by atoms with Crippen molar-refractivity contribution >= 4 is 16.0 Å². The Hall–Kier alpha value is -1.64. The molecular formula is C17H28N4O3S. The van der Waals surface area contributed by atoms with Crippen LogP contribution >= 0.6 is 0 Å². The van der Waals surface area contributed by atoms with Gasteiger partial charge in [-0.2, -0.15) is 0 Å². The van der Waals surface area contributed by atoms with Gasteiger partial charge in [0.15, 0.2) is 5.96 Å². The van der Waals surface area contributed by atoms with Gasteiger partial charge in [0.2, 0.25) is 10.0 Å². The third-order valence-electron chi connectivity index (χ3n) is 4.14. The quantitative estimate of drug-likeness (QED) is 0.481. The van der Waals surface area contributed by atoms with Crippen LogP contribution in [0, 0.1) is 0 Å². The van der Waals surface area contributed by atoms with Crippen LogP contribution in [0.3, 0.4) is 0 Å². The molecule has 3 N–H and O–H groups in total. The molecule has 7 nitrogen and oxygen atoms in total. The Kier molecular flexibility index (Phi) is 6.80. The first-order valence-corrected chi connectivity index (χ1v) is 10.2. The number of guanidine groups is 1. The highest BCUT2D eigenvalue weighted by Gasteiger charge is 2.27. The summed E-state index contributed by atoms with van der Waals surface area (Å²) in [7, 11) is -3.08. The number of hydrogen-bond acceptors (Lipinski definition) is 4. The van der Waals surface area contributed by atoms with E-state index in [1.807, 2.05) is 37.3 Å². The number of aliphatic imine (C=N–C) groups is 1. The van der Waals surface area contributed by atoms with Gasteiger partial charge in [0.25, 0.3) is 0 Å². The van der Waals surface area contributed by atoms with Crippen LogP contribution in [0.1, 0.15) is 25.8 Å². The van der Waals surface area contributed by atoms with Gasteiger partial charge in [0.05, 0.1) is 12.3 Å². The van der Waals surface area contributed by atoms with E-state index in [9.17, 15) is 13.5 Å². The Labute approximate surface area is 150 Å². The molecule has 0 bridgehead atoms. The third kappa shape index (κ3) is 5.69. The van der Waals surface area contributed by atoms with Gasteiger partial charge in [-0.1, -0.05) is 30.3 Å². The summed E-state index contributed by atoms with van der Waals surface area (Å²) in [5.41, 5.74) is -0.264. The molecule has 1 heterocycles. The summed E-state index contributed by atoms with van der Waals surface area (Å²) in [5.74, 6) is 0.802. The maximum absolute atomic E-state index is 11.8. The smallest absolute Gasteiger partial charge is 0.214 e. The average molecular weight is 369 g/mol. The maximum Gasteiger partial charge on any atom is 0.214 e. The van der Waals surface area contributed by atoms with Crippen molar-refractivity contribution in [2.45, 2.75) is 25.9 Å². The summed E-state index contributed by atoms with van der Waals surface area (Å²) in [6, 6.07) is 9.41. The van der Waals surface area contributed by atoms with Crippen molar-refractivity contribution in [3.63, 3.8) is 0 Å². The van der Waals surface area contributed by atoms with Crippen molar-refractivity contribution in [2.24, 2.45) is 4.99 Å². The Morgan fingerprint density at radius 2 is 2.04 bits per heavy atom. The van der Waals surface area contributed by atoms with Crippen molar-refractivity contribution in [2.75, 3.05) is 38.5 Å². The minimum Gasteiger partial charge on any atom is -0.384 e. The molecule has 0 aliphatic carbocycles. The zero-order valence-corrected chi connectivity index (χ0v) is 15.7. The first-order chi connectivity index (χ1) is 11.8. The molecule has 1 fully saturated rings. The number of aliphatic hydroxyl groups is 1. The van der Waals surface area contributed by atoms with Crippen LogP contribution in [0.5, 0.6) is 0 Å². The molecule has 0 aromatic heterocycles. The van der Waals surface area contributed by atoms with E-state index in [0.717, 1.165) is 5.56 Å². The van der Waals surface area contributed by atoms with Crippen LogP contribution in [0.4, 0.5) is 0 Å². The van der Waals surface area contributed by atoms with Crippen LogP contribution in [-0.2, 0) is 15.6 Å². The van der Waals surface area contributed by atoms with E-state index in [4.69, 9.17) is 0 Å². The van der Waals surface area contributed by atoms with Gasteiger partial charge in [-0.05, 0) is 25.8 Å². The number of rotatable bonds is 7. The molecule has 140 valence electrons. The number of sulfonamides is 1. The van der Waals surface area contributed by atoms with Crippen molar-refractivity contribution < 1.29 is 13.5 Å². The second kappa shape index (κ2) is 8.64. The molecular weight excluding hydrogens is 340 g/mol. The van der Waals surface area contributed by atoms with Crippen molar-refractivity contribution in [1.82, 2.24) is 14.9 Å². The van der Waals surface area contributed by atoms with E-state index in [2.05, 4.69) is 15.6 Å². The summed E-state index contributed by atoms with van der Waals surface area (Å²) in [6.07, 6.45) is 0.691. The maximum atomic E-state index is 11.8. The minimum atomic E-state index is -3.08. The lowest BCUT2D eigenvalue weighted by atomic mass is 9.96. The molecule has 1 aliphatic rings. The molecule has 0 spiro atoms. The molecule has 1 aromatic rings. The lowest BCUT2D eigenvalue weighted by Gasteiger charge is -2.23. The van der Waals surface area contributed by atoms with Crippen molar-refractivity contribution in [1.29, 1.82) is 0 Å². The fraction of sp³-hybridized carbons (Fsp3) is 0.588. The standard InChI is InChI=1S/C17H28N4O3S/c1-3-18-16(19-10-12-21-11-7-13-25(21,23)24)20-14-17(2,22)15-8-5-4-6-9-15/h4-6,8-9,22H,3,7,10-14H2,1-2H3,(H2,18,19,20). The van der Waals surface area contributed by atoms with Crippen LogP contribution < -0.4 is 10.6 Å². The number of nitrogens with one attached hydrogen (secondary N) is 2. The largest absolute Gasteiger partial charge is 0.384 e. The first-order valence-electron chi connectivity index (χ1n) is 8.63. The molecule has 1 saturated heterocycles. The highest BCUT2D eigenvalue weighted by atomic mass is 32.2. The van der Waals surface area contributed by atoms with Gasteiger partial charge in [-0.15, -0.1) is 0 Å². The molecule has 2 rings (SSSR count). The average Bonchev–Trinajstić information content (AvgIpc) is 2.92. The SMILES string of the molecule is CCNC(=NCC(C)(O)c1ccccc1)NCCN1CCCS1(=O)=O. The van der Waals surface area contributed by atoms with Gasteiger partial charge < -0.3 is 15.7 Å². The number of nitrogens with zero attached hydrogens (tertiary/aromatic N) is 2. The van der Waals surface area contributed by atoms with Gasteiger partial charge >= 0.3 is 0 Å². The van der Waals surface area contributed by atoms with E-state index >= 15 is 0 Å². The molecule has 1 aromatic carbocycles. The van der Waals surface area contributed by atoms with Crippen molar-refractivity contribution in [3.05, 3.63) is 35.9 Å². The van der Waals surface area contributed by atoms with E-state index < -0.39 is 15.6 Å². The van der Waals surface area contributed by atoms with E-state index in [0.29, 0.717) is 38.6 Å². The van der Waals surface area contributed by atoms with E-state index in [1.54, 1.807) is 6.92 Å². The van der Waals surface area contributed by atoms with Crippen LogP contribution in [0.15, 0.2) is 35.3 Å². The zero-order chi connectivity index (χ0) is 18.3. The summed E-state index contributed by atoms with van der Waals surface area (Å²) in [6.45, 7) is 6.04. The Morgan fingerprint density at radius 1 is 1.32 bits per heavy atom. The fourth-order valence-corrected chi connectivity index (χ4v) is 4.23. The molecule has 8 heteroatoms. The number of benzene rings is 1. The minimum absolute atomic E-state index is 0.203. The summed E-state index contributed by atoms with van der Waals surface area (Å²) >= 11 is 0. The zero-order valence-electron chi connectivity index (χ0n) is 14.9. The Balaban J connectivity index is 1.92. The molecule has 0 saturated carbocycles. The highest BCUT2D eigenvalue weighted by molar-refractivity contribution is 7.89. The van der Waals surface area contributed by atoms with Crippen LogP contribution in [-0.4, -0.2) is 62.3 Å². The Morgan fingerprint density at radius 3 is 2.64 bits per heavy atom. The predicted octanol–water partition coefficient (Wildman–Crippen LogP) is 0.485. The predicted molar refractivity (Wildman–Crippen MR) is 100.0 cm³/mol. The van der Waals surface area contributed by atoms with Crippen molar-refractivity contribution in [3.8, 4) is 0 Å². The summed E-state index contributed by atoms with van der Waals surface area (Å²) < 4.78 is 25.1. The van der Waals surface area contributed by atoms with Crippen LogP contribution in [0.2, 0.25) is 0 Å². The fourth-order valence-electron chi connectivity index (χ4n) is 2.70. The highest BCUT2D eigenvalue weighted by Crippen LogP contribution is 2.20. The van der Waals surface area contributed by atoms with Gasteiger partial charge in [0, 0.05) is 26.2 Å². The monoisotopic (exact) mass is 368 g/mol. The molecule has 1 atom stereocenters. The van der Waals surface area contributed by atoms with Gasteiger partial charge in [-0.25, -0.2) is 17.7 Å². The Bertz CT molecular complexity index is 674. The first kappa shape index (κ1) is 19.7. The second-order valence-corrected chi connectivity index (χ2v) is 8.42. The van der Waals surface area contributed by atoms with Crippen LogP contribution in [0.25, 0.3) is 0 Å². The molecule has 0 radical (unpaired) electrons.